The van der Waals surface area contributed by atoms with Crippen LogP contribution in [0.2, 0.25) is 0 Å². The summed E-state index contributed by atoms with van der Waals surface area (Å²) in [6, 6.07) is 2.63. The van der Waals surface area contributed by atoms with Gasteiger partial charge in [0.2, 0.25) is 0 Å². The zero-order valence-electron chi connectivity index (χ0n) is 12.9. The molecule has 1 aliphatic rings. The second-order valence-corrected chi connectivity index (χ2v) is 5.49. The molecule has 1 aromatic carbocycles. The van der Waals surface area contributed by atoms with Crippen LogP contribution >= 0.6 is 0 Å². The maximum atomic E-state index is 14.1. The number of rotatable bonds is 7. The van der Waals surface area contributed by atoms with E-state index in [1.165, 1.54) is 20.3 Å². The third-order valence-corrected chi connectivity index (χ3v) is 4.08. The average Bonchev–Trinajstić information content (AvgIpc) is 2.44. The van der Waals surface area contributed by atoms with Crippen LogP contribution in [-0.2, 0) is 4.74 Å². The van der Waals surface area contributed by atoms with Crippen molar-refractivity contribution in [2.75, 3.05) is 20.8 Å². The van der Waals surface area contributed by atoms with Gasteiger partial charge in [-0.1, -0.05) is 0 Å². The third kappa shape index (κ3) is 3.66. The van der Waals surface area contributed by atoms with Crippen molar-refractivity contribution in [2.45, 2.75) is 38.3 Å². The number of halogens is 1. The molecule has 0 saturated heterocycles. The Hall–Kier alpha value is -1.33. The van der Waals surface area contributed by atoms with E-state index in [1.807, 2.05) is 6.92 Å². The lowest BCUT2D eigenvalue weighted by atomic mass is 9.77. The molecule has 0 spiro atoms. The molecule has 1 aromatic rings. The van der Waals surface area contributed by atoms with Crippen molar-refractivity contribution in [2.24, 2.45) is 11.7 Å². The quantitative estimate of drug-likeness (QED) is 0.840. The summed E-state index contributed by atoms with van der Waals surface area (Å²) in [5.41, 5.74) is 6.64. The Labute approximate surface area is 125 Å². The zero-order valence-corrected chi connectivity index (χ0v) is 12.9. The summed E-state index contributed by atoms with van der Waals surface area (Å²) < 4.78 is 30.0. The first kappa shape index (κ1) is 16.0. The van der Waals surface area contributed by atoms with E-state index in [2.05, 4.69) is 0 Å². The van der Waals surface area contributed by atoms with Crippen molar-refractivity contribution < 1.29 is 18.6 Å². The summed E-state index contributed by atoms with van der Waals surface area (Å²) >= 11 is 0. The Balaban J connectivity index is 2.01. The van der Waals surface area contributed by atoms with Crippen LogP contribution in [0.4, 0.5) is 4.39 Å². The fourth-order valence-corrected chi connectivity index (χ4v) is 2.88. The molecule has 0 amide bonds. The van der Waals surface area contributed by atoms with Gasteiger partial charge in [-0.3, -0.25) is 0 Å². The van der Waals surface area contributed by atoms with Gasteiger partial charge in [-0.05, 0) is 38.2 Å². The van der Waals surface area contributed by atoms with Crippen molar-refractivity contribution in [1.29, 1.82) is 0 Å². The van der Waals surface area contributed by atoms with Crippen LogP contribution in [0.1, 0.15) is 37.8 Å². The average molecular weight is 297 g/mol. The molecule has 5 heteroatoms. The van der Waals surface area contributed by atoms with Gasteiger partial charge in [0.1, 0.15) is 5.82 Å². The van der Waals surface area contributed by atoms with E-state index in [-0.39, 0.29) is 11.9 Å². The van der Waals surface area contributed by atoms with Crippen molar-refractivity contribution >= 4 is 0 Å². The maximum absolute atomic E-state index is 14.1. The first-order valence-corrected chi connectivity index (χ1v) is 7.37. The number of methoxy groups -OCH3 is 2. The summed E-state index contributed by atoms with van der Waals surface area (Å²) in [6.45, 7) is 2.74. The standard InChI is InChI=1S/C16H24FNO3/c1-4-21-11-5-10(6-11)7-14(18)12-8-15(19-2)16(20-3)9-13(12)17/h8-11,14H,4-7,18H2,1-3H3. The molecule has 0 bridgehead atoms. The topological polar surface area (TPSA) is 53.7 Å². The summed E-state index contributed by atoms with van der Waals surface area (Å²) in [6.07, 6.45) is 3.13. The van der Waals surface area contributed by atoms with Gasteiger partial charge in [-0.25, -0.2) is 4.39 Å². The molecule has 4 nitrogen and oxygen atoms in total. The van der Waals surface area contributed by atoms with Crippen molar-refractivity contribution in [3.63, 3.8) is 0 Å². The van der Waals surface area contributed by atoms with Gasteiger partial charge in [-0.2, -0.15) is 0 Å². The minimum atomic E-state index is -0.346. The Morgan fingerprint density at radius 1 is 1.24 bits per heavy atom. The molecule has 0 aromatic heterocycles. The van der Waals surface area contributed by atoms with Gasteiger partial charge < -0.3 is 19.9 Å². The fraction of sp³-hybridized carbons (Fsp3) is 0.625. The Kier molecular flexibility index (Phi) is 5.42. The SMILES string of the molecule is CCOC1CC(CC(N)c2cc(OC)c(OC)cc2F)C1. The van der Waals surface area contributed by atoms with Gasteiger partial charge in [0.25, 0.3) is 0 Å². The summed E-state index contributed by atoms with van der Waals surface area (Å²) in [5, 5.41) is 0. The molecule has 2 rings (SSSR count). The first-order valence-electron chi connectivity index (χ1n) is 7.37. The lowest BCUT2D eigenvalue weighted by Crippen LogP contribution is -2.33. The third-order valence-electron chi connectivity index (χ3n) is 4.08. The largest absolute Gasteiger partial charge is 0.493 e. The molecular weight excluding hydrogens is 273 g/mol. The lowest BCUT2D eigenvalue weighted by molar-refractivity contribution is -0.0282. The number of hydrogen-bond acceptors (Lipinski definition) is 4. The van der Waals surface area contributed by atoms with E-state index < -0.39 is 0 Å². The molecule has 21 heavy (non-hydrogen) atoms. The van der Waals surface area contributed by atoms with Crippen LogP contribution < -0.4 is 15.2 Å². The maximum Gasteiger partial charge on any atom is 0.163 e. The van der Waals surface area contributed by atoms with Gasteiger partial charge in [0, 0.05) is 24.3 Å². The van der Waals surface area contributed by atoms with Crippen LogP contribution in [0.15, 0.2) is 12.1 Å². The summed E-state index contributed by atoms with van der Waals surface area (Å²) in [4.78, 5) is 0. The van der Waals surface area contributed by atoms with E-state index in [9.17, 15) is 4.39 Å². The van der Waals surface area contributed by atoms with Crippen LogP contribution in [0, 0.1) is 11.7 Å². The minimum absolute atomic E-state index is 0.336. The predicted molar refractivity (Wildman–Crippen MR) is 79.2 cm³/mol. The van der Waals surface area contributed by atoms with E-state index in [1.54, 1.807) is 6.07 Å². The van der Waals surface area contributed by atoms with Crippen LogP contribution in [0.5, 0.6) is 11.5 Å². The molecule has 1 saturated carbocycles. The van der Waals surface area contributed by atoms with Crippen molar-refractivity contribution in [3.8, 4) is 11.5 Å². The molecule has 1 unspecified atom stereocenters. The second-order valence-electron chi connectivity index (χ2n) is 5.49. The highest BCUT2D eigenvalue weighted by Gasteiger charge is 2.31. The highest BCUT2D eigenvalue weighted by molar-refractivity contribution is 5.44. The monoisotopic (exact) mass is 297 g/mol. The number of ether oxygens (including phenoxy) is 3. The Morgan fingerprint density at radius 2 is 1.86 bits per heavy atom. The predicted octanol–water partition coefficient (Wildman–Crippen LogP) is 3.05. The Morgan fingerprint density at radius 3 is 2.43 bits per heavy atom. The van der Waals surface area contributed by atoms with Gasteiger partial charge in [0.05, 0.1) is 20.3 Å². The smallest absolute Gasteiger partial charge is 0.163 e. The minimum Gasteiger partial charge on any atom is -0.493 e. The molecule has 1 aliphatic carbocycles. The zero-order chi connectivity index (χ0) is 15.4. The lowest BCUT2D eigenvalue weighted by Gasteiger charge is -2.36. The number of nitrogens with two attached hydrogens (primary N) is 1. The van der Waals surface area contributed by atoms with Gasteiger partial charge >= 0.3 is 0 Å². The summed E-state index contributed by atoms with van der Waals surface area (Å²) in [5.74, 6) is 1.04. The van der Waals surface area contributed by atoms with E-state index >= 15 is 0 Å². The normalized spacial score (nSPS) is 22.5. The van der Waals surface area contributed by atoms with Gasteiger partial charge in [-0.15, -0.1) is 0 Å². The van der Waals surface area contributed by atoms with E-state index in [0.29, 0.717) is 29.1 Å². The number of benzene rings is 1. The van der Waals surface area contributed by atoms with Gasteiger partial charge in [0.15, 0.2) is 11.5 Å². The molecular formula is C16H24FNO3. The first-order chi connectivity index (χ1) is 10.1. The van der Waals surface area contributed by atoms with Crippen LogP contribution in [0.25, 0.3) is 0 Å². The molecule has 1 fully saturated rings. The number of hydrogen-bond donors (Lipinski definition) is 1. The highest BCUT2D eigenvalue weighted by Crippen LogP contribution is 2.38. The molecule has 118 valence electrons. The van der Waals surface area contributed by atoms with E-state index in [0.717, 1.165) is 25.9 Å². The highest BCUT2D eigenvalue weighted by atomic mass is 19.1. The molecule has 1 atom stereocenters. The molecule has 0 aliphatic heterocycles. The molecule has 0 radical (unpaired) electrons. The van der Waals surface area contributed by atoms with Crippen LogP contribution in [-0.4, -0.2) is 26.9 Å². The molecule has 0 heterocycles. The van der Waals surface area contributed by atoms with Crippen molar-refractivity contribution in [1.82, 2.24) is 0 Å². The molecule has 2 N–H and O–H groups in total. The second kappa shape index (κ2) is 7.09. The summed E-state index contributed by atoms with van der Waals surface area (Å²) in [7, 11) is 3.02. The fourth-order valence-electron chi connectivity index (χ4n) is 2.88. The Bertz CT molecular complexity index is 475. The van der Waals surface area contributed by atoms with Crippen molar-refractivity contribution in [3.05, 3.63) is 23.5 Å². The van der Waals surface area contributed by atoms with Crippen LogP contribution in [0.3, 0.4) is 0 Å². The van der Waals surface area contributed by atoms with E-state index in [4.69, 9.17) is 19.9 Å².